The summed E-state index contributed by atoms with van der Waals surface area (Å²) in [5.74, 6) is -0.594. The maximum absolute atomic E-state index is 11.9. The summed E-state index contributed by atoms with van der Waals surface area (Å²) in [6, 6.07) is 8.63. The van der Waals surface area contributed by atoms with E-state index in [0.717, 1.165) is 11.3 Å². The molecular formula is C14H10N2O4S. The molecule has 6 nitrogen and oxygen atoms in total. The van der Waals surface area contributed by atoms with Crippen molar-refractivity contribution in [3.63, 3.8) is 0 Å². The van der Waals surface area contributed by atoms with E-state index in [1.807, 2.05) is 12.1 Å². The monoisotopic (exact) mass is 302 g/mol. The molecule has 0 saturated heterocycles. The summed E-state index contributed by atoms with van der Waals surface area (Å²) in [6.45, 7) is -0.0179. The van der Waals surface area contributed by atoms with Gasteiger partial charge >= 0.3 is 5.97 Å². The maximum atomic E-state index is 11.9. The minimum atomic E-state index is -1.00. The number of aromatic nitrogens is 2. The van der Waals surface area contributed by atoms with Crippen LogP contribution in [0.25, 0.3) is 11.0 Å². The van der Waals surface area contributed by atoms with Crippen LogP contribution in [0.2, 0.25) is 0 Å². The lowest BCUT2D eigenvalue weighted by Crippen LogP contribution is -2.17. The van der Waals surface area contributed by atoms with Crippen LogP contribution < -0.4 is 10.3 Å². The first-order valence-electron chi connectivity index (χ1n) is 6.06. The number of para-hydroxylation sites is 2. The molecule has 0 aliphatic heterocycles. The van der Waals surface area contributed by atoms with E-state index in [-0.39, 0.29) is 22.7 Å². The van der Waals surface area contributed by atoms with E-state index in [1.165, 1.54) is 6.07 Å². The molecule has 0 aliphatic rings. The van der Waals surface area contributed by atoms with Crippen LogP contribution in [0.5, 0.6) is 5.75 Å². The second-order valence-corrected chi connectivity index (χ2v) is 5.18. The summed E-state index contributed by atoms with van der Waals surface area (Å²) >= 11 is 1.07. The molecule has 0 saturated carbocycles. The summed E-state index contributed by atoms with van der Waals surface area (Å²) in [4.78, 5) is 29.8. The minimum Gasteiger partial charge on any atom is -0.486 e. The number of carboxylic acids is 1. The summed E-state index contributed by atoms with van der Waals surface area (Å²) in [7, 11) is 0. The first kappa shape index (κ1) is 13.3. The first-order chi connectivity index (χ1) is 10.1. The van der Waals surface area contributed by atoms with Crippen molar-refractivity contribution in [2.45, 2.75) is 6.61 Å². The van der Waals surface area contributed by atoms with Crippen LogP contribution in [0.4, 0.5) is 0 Å². The van der Waals surface area contributed by atoms with Gasteiger partial charge in [0.25, 0.3) is 5.56 Å². The van der Waals surface area contributed by atoms with Crippen LogP contribution in [0.3, 0.4) is 0 Å². The Kier molecular flexibility index (Phi) is 3.41. The number of nitrogens with one attached hydrogen (secondary N) is 1. The summed E-state index contributed by atoms with van der Waals surface area (Å²) in [5, 5.41) is 10.4. The van der Waals surface area contributed by atoms with Gasteiger partial charge in [-0.3, -0.25) is 4.79 Å². The van der Waals surface area contributed by atoms with Gasteiger partial charge in [-0.1, -0.05) is 12.1 Å². The Bertz CT molecular complexity index is 869. The van der Waals surface area contributed by atoms with Crippen molar-refractivity contribution in [1.82, 2.24) is 9.97 Å². The van der Waals surface area contributed by atoms with Crippen molar-refractivity contribution in [3.05, 3.63) is 56.6 Å². The van der Waals surface area contributed by atoms with E-state index in [1.54, 1.807) is 17.5 Å². The van der Waals surface area contributed by atoms with Crippen LogP contribution in [0.15, 0.2) is 40.5 Å². The molecule has 0 bridgehead atoms. The molecule has 0 spiro atoms. The Hall–Kier alpha value is -2.67. The Morgan fingerprint density at radius 1 is 1.38 bits per heavy atom. The quantitative estimate of drug-likeness (QED) is 0.771. The van der Waals surface area contributed by atoms with Gasteiger partial charge in [-0.15, -0.1) is 11.3 Å². The van der Waals surface area contributed by atoms with Gasteiger partial charge in [-0.25, -0.2) is 9.78 Å². The Morgan fingerprint density at radius 3 is 2.95 bits per heavy atom. The van der Waals surface area contributed by atoms with Crippen LogP contribution in [-0.4, -0.2) is 21.0 Å². The van der Waals surface area contributed by atoms with Gasteiger partial charge in [0.15, 0.2) is 0 Å². The highest BCUT2D eigenvalue weighted by Crippen LogP contribution is 2.22. The molecule has 21 heavy (non-hydrogen) atoms. The number of H-pyrrole nitrogens is 1. The predicted molar refractivity (Wildman–Crippen MR) is 78.0 cm³/mol. The molecular weight excluding hydrogens is 292 g/mol. The molecule has 1 aromatic carbocycles. The Balaban J connectivity index is 1.82. The van der Waals surface area contributed by atoms with Crippen LogP contribution in [0.1, 0.15) is 15.4 Å². The maximum Gasteiger partial charge on any atom is 0.346 e. The third-order valence-electron chi connectivity index (χ3n) is 2.83. The fourth-order valence-corrected chi connectivity index (χ4v) is 2.49. The number of rotatable bonds is 4. The number of hydrogen-bond acceptors (Lipinski definition) is 5. The van der Waals surface area contributed by atoms with Crippen LogP contribution in [0, 0.1) is 0 Å². The number of carboxylic acid groups (broad SMARTS) is 1. The van der Waals surface area contributed by atoms with Crippen LogP contribution >= 0.6 is 11.3 Å². The molecule has 0 fully saturated rings. The van der Waals surface area contributed by atoms with Crippen molar-refractivity contribution in [2.24, 2.45) is 0 Å². The highest BCUT2D eigenvalue weighted by atomic mass is 32.1. The number of hydrogen-bond donors (Lipinski definition) is 2. The van der Waals surface area contributed by atoms with Gasteiger partial charge < -0.3 is 14.8 Å². The fourth-order valence-electron chi connectivity index (χ4n) is 1.82. The molecule has 0 unspecified atom stereocenters. The lowest BCUT2D eigenvalue weighted by Gasteiger charge is -2.04. The number of aromatic amines is 1. The Labute approximate surface area is 122 Å². The highest BCUT2D eigenvalue weighted by molar-refractivity contribution is 7.12. The molecule has 7 heteroatoms. The van der Waals surface area contributed by atoms with Gasteiger partial charge in [-0.2, -0.15) is 0 Å². The average molecular weight is 302 g/mol. The van der Waals surface area contributed by atoms with E-state index in [4.69, 9.17) is 9.84 Å². The van der Waals surface area contributed by atoms with Gasteiger partial charge in [0.05, 0.1) is 11.0 Å². The molecule has 2 aromatic heterocycles. The van der Waals surface area contributed by atoms with E-state index >= 15 is 0 Å². The minimum absolute atomic E-state index is 0.0179. The summed E-state index contributed by atoms with van der Waals surface area (Å²) in [6.07, 6.45) is 0. The Morgan fingerprint density at radius 2 is 2.19 bits per heavy atom. The number of benzene rings is 1. The zero-order chi connectivity index (χ0) is 14.8. The normalized spacial score (nSPS) is 10.7. The zero-order valence-corrected chi connectivity index (χ0v) is 11.5. The SMILES string of the molecule is O=C(O)c1cc(OCc2nc3ccccc3[nH]c2=O)cs1. The zero-order valence-electron chi connectivity index (χ0n) is 10.7. The van der Waals surface area contributed by atoms with Crippen LogP contribution in [-0.2, 0) is 6.61 Å². The number of thiophene rings is 1. The number of aromatic carboxylic acids is 1. The van der Waals surface area contributed by atoms with Crippen molar-refractivity contribution in [1.29, 1.82) is 0 Å². The number of fused-ring (bicyclic) bond motifs is 1. The smallest absolute Gasteiger partial charge is 0.346 e. The number of ether oxygens (including phenoxy) is 1. The highest BCUT2D eigenvalue weighted by Gasteiger charge is 2.09. The summed E-state index contributed by atoms with van der Waals surface area (Å²) < 4.78 is 5.42. The molecule has 0 aliphatic carbocycles. The molecule has 2 heterocycles. The van der Waals surface area contributed by atoms with E-state index in [9.17, 15) is 9.59 Å². The van der Waals surface area contributed by atoms with E-state index in [2.05, 4.69) is 9.97 Å². The standard InChI is InChI=1S/C14H10N2O4S/c17-13-11(15-9-3-1-2-4-10(9)16-13)6-20-8-5-12(14(18)19)21-7-8/h1-5,7H,6H2,(H,16,17)(H,18,19). The number of nitrogens with zero attached hydrogens (tertiary/aromatic N) is 1. The van der Waals surface area contributed by atoms with Crippen molar-refractivity contribution in [2.75, 3.05) is 0 Å². The topological polar surface area (TPSA) is 92.3 Å². The largest absolute Gasteiger partial charge is 0.486 e. The second kappa shape index (κ2) is 5.37. The van der Waals surface area contributed by atoms with Gasteiger partial charge in [-0.05, 0) is 12.1 Å². The first-order valence-corrected chi connectivity index (χ1v) is 6.94. The molecule has 106 valence electrons. The lowest BCUT2D eigenvalue weighted by atomic mass is 10.3. The second-order valence-electron chi connectivity index (χ2n) is 4.27. The van der Waals surface area contributed by atoms with Crippen molar-refractivity contribution in [3.8, 4) is 5.75 Å². The third-order valence-corrected chi connectivity index (χ3v) is 3.73. The van der Waals surface area contributed by atoms with Crippen molar-refractivity contribution < 1.29 is 14.6 Å². The van der Waals surface area contributed by atoms with Gasteiger partial charge in [0.1, 0.15) is 22.9 Å². The van der Waals surface area contributed by atoms with E-state index < -0.39 is 5.97 Å². The average Bonchev–Trinajstić information content (AvgIpc) is 2.94. The molecule has 2 N–H and O–H groups in total. The van der Waals surface area contributed by atoms with Gasteiger partial charge in [0, 0.05) is 11.4 Å². The molecule has 0 amide bonds. The predicted octanol–water partition coefficient (Wildman–Crippen LogP) is 2.26. The fraction of sp³-hybridized carbons (Fsp3) is 0.0714. The molecule has 0 radical (unpaired) electrons. The number of carbonyl (C=O) groups is 1. The summed E-state index contributed by atoms with van der Waals surface area (Å²) in [5.41, 5.74) is 1.27. The molecule has 3 rings (SSSR count). The third kappa shape index (κ3) is 2.77. The van der Waals surface area contributed by atoms with Crippen molar-refractivity contribution >= 4 is 28.3 Å². The van der Waals surface area contributed by atoms with E-state index in [0.29, 0.717) is 16.8 Å². The molecule has 3 aromatic rings. The molecule has 0 atom stereocenters. The lowest BCUT2D eigenvalue weighted by molar-refractivity contribution is 0.0702. The van der Waals surface area contributed by atoms with Gasteiger partial charge in [0.2, 0.25) is 0 Å².